The van der Waals surface area contributed by atoms with E-state index >= 15 is 0 Å². The summed E-state index contributed by atoms with van der Waals surface area (Å²) in [6.45, 7) is 2.72. The predicted molar refractivity (Wildman–Crippen MR) is 107 cm³/mol. The summed E-state index contributed by atoms with van der Waals surface area (Å²) in [5.74, 6) is 0.796. The van der Waals surface area contributed by atoms with Gasteiger partial charge in [-0.15, -0.1) is 10.2 Å². The molecule has 0 N–H and O–H groups in total. The van der Waals surface area contributed by atoms with Gasteiger partial charge in [0.25, 0.3) is 0 Å². The molecule has 9 nitrogen and oxygen atoms in total. The Balaban J connectivity index is 1.49. The molecule has 4 aromatic rings. The van der Waals surface area contributed by atoms with Gasteiger partial charge in [0.2, 0.25) is 10.0 Å². The van der Waals surface area contributed by atoms with E-state index in [-0.39, 0.29) is 10.8 Å². The standard InChI is InChI=1S/C19H21N7O2S/c1-13-16-10-15(11-20-19(16)24(2)23-13)29(27,28)25-8-5-6-14(12-25)18-22-21-17-7-3-4-9-26(17)18/h3-4,7,9-11,14H,5-6,8,12H2,1-2H3. The van der Waals surface area contributed by atoms with Gasteiger partial charge in [-0.25, -0.2) is 13.4 Å². The highest BCUT2D eigenvalue weighted by molar-refractivity contribution is 7.89. The summed E-state index contributed by atoms with van der Waals surface area (Å²) in [6.07, 6.45) is 4.99. The van der Waals surface area contributed by atoms with Crippen LogP contribution in [0.15, 0.2) is 41.6 Å². The first kappa shape index (κ1) is 18.2. The molecule has 1 atom stereocenters. The van der Waals surface area contributed by atoms with Crippen LogP contribution in [0.1, 0.15) is 30.3 Å². The molecule has 1 unspecified atom stereocenters. The van der Waals surface area contributed by atoms with Gasteiger partial charge >= 0.3 is 0 Å². The van der Waals surface area contributed by atoms with E-state index in [1.165, 1.54) is 6.20 Å². The lowest BCUT2D eigenvalue weighted by molar-refractivity contribution is 0.308. The quantitative estimate of drug-likeness (QED) is 0.511. The van der Waals surface area contributed by atoms with Crippen molar-refractivity contribution in [2.75, 3.05) is 13.1 Å². The van der Waals surface area contributed by atoms with Gasteiger partial charge in [0.05, 0.1) is 5.69 Å². The van der Waals surface area contributed by atoms with Crippen molar-refractivity contribution >= 4 is 26.7 Å². The molecule has 5 heterocycles. The third-order valence-electron chi connectivity index (χ3n) is 5.57. The number of rotatable bonds is 3. The first-order chi connectivity index (χ1) is 13.9. The van der Waals surface area contributed by atoms with Gasteiger partial charge in [0, 0.05) is 43.8 Å². The van der Waals surface area contributed by atoms with Gasteiger partial charge in [0.15, 0.2) is 11.3 Å². The summed E-state index contributed by atoms with van der Waals surface area (Å²) in [4.78, 5) is 4.54. The Hall–Kier alpha value is -2.85. The number of nitrogens with zero attached hydrogens (tertiary/aromatic N) is 7. The van der Waals surface area contributed by atoms with Crippen LogP contribution >= 0.6 is 0 Å². The summed E-state index contributed by atoms with van der Waals surface area (Å²) >= 11 is 0. The lowest BCUT2D eigenvalue weighted by Gasteiger charge is -2.31. The molecule has 10 heteroatoms. The van der Waals surface area contributed by atoms with E-state index in [1.54, 1.807) is 22.1 Å². The van der Waals surface area contributed by atoms with Gasteiger partial charge < -0.3 is 0 Å². The van der Waals surface area contributed by atoms with Crippen LogP contribution in [0.3, 0.4) is 0 Å². The molecule has 0 bridgehead atoms. The van der Waals surface area contributed by atoms with Crippen molar-refractivity contribution in [1.29, 1.82) is 0 Å². The second-order valence-corrected chi connectivity index (χ2v) is 9.38. The molecule has 0 aromatic carbocycles. The Bertz CT molecular complexity index is 1330. The molecular formula is C19H21N7O2S. The third kappa shape index (κ3) is 2.90. The molecule has 1 fully saturated rings. The zero-order valence-corrected chi connectivity index (χ0v) is 17.0. The number of hydrogen-bond acceptors (Lipinski definition) is 6. The summed E-state index contributed by atoms with van der Waals surface area (Å²) in [6, 6.07) is 7.41. The Labute approximate surface area is 168 Å². The fraction of sp³-hybridized carbons (Fsp3) is 0.368. The van der Waals surface area contributed by atoms with Gasteiger partial charge in [-0.2, -0.15) is 9.40 Å². The smallest absolute Gasteiger partial charge is 0.244 e. The molecule has 0 radical (unpaired) electrons. The highest BCUT2D eigenvalue weighted by Gasteiger charge is 2.33. The molecule has 0 spiro atoms. The third-order valence-corrected chi connectivity index (χ3v) is 7.40. The largest absolute Gasteiger partial charge is 0.286 e. The van der Waals surface area contributed by atoms with Crippen molar-refractivity contribution in [3.8, 4) is 0 Å². The highest BCUT2D eigenvalue weighted by Crippen LogP contribution is 2.30. The molecule has 0 saturated carbocycles. The van der Waals surface area contributed by atoms with Crippen LogP contribution in [-0.2, 0) is 17.1 Å². The highest BCUT2D eigenvalue weighted by atomic mass is 32.2. The maximum absolute atomic E-state index is 13.3. The Kier molecular flexibility index (Phi) is 4.14. The van der Waals surface area contributed by atoms with Gasteiger partial charge in [0.1, 0.15) is 10.7 Å². The number of hydrogen-bond donors (Lipinski definition) is 0. The normalized spacial score (nSPS) is 18.6. The van der Waals surface area contributed by atoms with Crippen LogP contribution in [0.25, 0.3) is 16.7 Å². The van der Waals surface area contributed by atoms with Crippen molar-refractivity contribution < 1.29 is 8.42 Å². The second kappa shape index (κ2) is 6.60. The van der Waals surface area contributed by atoms with Crippen LogP contribution in [-0.4, -0.2) is 55.2 Å². The SMILES string of the molecule is Cc1nn(C)c2ncc(S(=O)(=O)N3CCCC(c4nnc5ccccn45)C3)cc12. The molecule has 5 rings (SSSR count). The predicted octanol–water partition coefficient (Wildman–Crippen LogP) is 1.89. The fourth-order valence-electron chi connectivity index (χ4n) is 4.09. The molecule has 29 heavy (non-hydrogen) atoms. The van der Waals surface area contributed by atoms with Crippen molar-refractivity contribution in [2.24, 2.45) is 7.05 Å². The van der Waals surface area contributed by atoms with E-state index in [0.717, 1.165) is 35.4 Å². The lowest BCUT2D eigenvalue weighted by atomic mass is 9.99. The van der Waals surface area contributed by atoms with Crippen molar-refractivity contribution in [2.45, 2.75) is 30.6 Å². The average molecular weight is 411 g/mol. The Morgan fingerprint density at radius 2 is 2.07 bits per heavy atom. The topological polar surface area (TPSA) is 98.3 Å². The molecule has 150 valence electrons. The zero-order valence-electron chi connectivity index (χ0n) is 16.2. The number of sulfonamides is 1. The van der Waals surface area contributed by atoms with E-state index < -0.39 is 10.0 Å². The molecular weight excluding hydrogens is 390 g/mol. The van der Waals surface area contributed by atoms with E-state index in [2.05, 4.69) is 20.3 Å². The minimum absolute atomic E-state index is 0.00672. The number of fused-ring (bicyclic) bond motifs is 2. The lowest BCUT2D eigenvalue weighted by Crippen LogP contribution is -2.39. The van der Waals surface area contributed by atoms with Crippen LogP contribution < -0.4 is 0 Å². The molecule has 1 aliphatic rings. The zero-order chi connectivity index (χ0) is 20.2. The van der Waals surface area contributed by atoms with Crippen LogP contribution in [0.2, 0.25) is 0 Å². The molecule has 0 amide bonds. The maximum Gasteiger partial charge on any atom is 0.244 e. The van der Waals surface area contributed by atoms with Gasteiger partial charge in [-0.1, -0.05) is 6.07 Å². The summed E-state index contributed by atoms with van der Waals surface area (Å²) < 4.78 is 31.8. The summed E-state index contributed by atoms with van der Waals surface area (Å²) in [7, 11) is -1.86. The number of aromatic nitrogens is 6. The van der Waals surface area contributed by atoms with E-state index in [4.69, 9.17) is 0 Å². The molecule has 1 aliphatic heterocycles. The molecule has 0 aliphatic carbocycles. The van der Waals surface area contributed by atoms with E-state index in [1.807, 2.05) is 35.7 Å². The van der Waals surface area contributed by atoms with Gasteiger partial charge in [-0.3, -0.25) is 9.08 Å². The molecule has 4 aromatic heterocycles. The molecule has 1 saturated heterocycles. The Morgan fingerprint density at radius 3 is 2.93 bits per heavy atom. The minimum atomic E-state index is -3.66. The first-order valence-corrected chi connectivity index (χ1v) is 11.0. The maximum atomic E-state index is 13.3. The van der Waals surface area contributed by atoms with E-state index in [0.29, 0.717) is 18.7 Å². The number of aryl methyl sites for hydroxylation is 2. The van der Waals surface area contributed by atoms with Gasteiger partial charge in [-0.05, 0) is 38.0 Å². The minimum Gasteiger partial charge on any atom is -0.286 e. The number of pyridine rings is 2. The average Bonchev–Trinajstić information content (AvgIpc) is 3.29. The summed E-state index contributed by atoms with van der Waals surface area (Å²) in [5.41, 5.74) is 2.20. The fourth-order valence-corrected chi connectivity index (χ4v) is 5.59. The van der Waals surface area contributed by atoms with Crippen LogP contribution in [0.4, 0.5) is 0 Å². The number of piperidine rings is 1. The summed E-state index contributed by atoms with van der Waals surface area (Å²) in [5, 5.41) is 13.6. The van der Waals surface area contributed by atoms with Crippen molar-refractivity contribution in [1.82, 2.24) is 33.7 Å². The van der Waals surface area contributed by atoms with Crippen molar-refractivity contribution in [3.05, 3.63) is 48.2 Å². The first-order valence-electron chi connectivity index (χ1n) is 9.54. The van der Waals surface area contributed by atoms with Crippen molar-refractivity contribution in [3.63, 3.8) is 0 Å². The van der Waals surface area contributed by atoms with Crippen LogP contribution in [0.5, 0.6) is 0 Å². The second-order valence-electron chi connectivity index (χ2n) is 7.44. The Morgan fingerprint density at radius 1 is 1.21 bits per heavy atom. The monoisotopic (exact) mass is 411 g/mol. The van der Waals surface area contributed by atoms with Crippen LogP contribution in [0, 0.1) is 6.92 Å². The van der Waals surface area contributed by atoms with E-state index in [9.17, 15) is 8.42 Å².